The number of nitrogens with two attached hydrogens (primary N) is 1. The first-order valence-corrected chi connectivity index (χ1v) is 8.37. The number of hydrogen-bond donors (Lipinski definition) is 1. The molecule has 1 aliphatic rings. The zero-order chi connectivity index (χ0) is 14.9. The fourth-order valence-corrected chi connectivity index (χ4v) is 4.76. The van der Waals surface area contributed by atoms with Gasteiger partial charge >= 0.3 is 0 Å². The molecule has 4 nitrogen and oxygen atoms in total. The molecule has 1 unspecified atom stereocenters. The SMILES string of the molecule is Cc1cc(S(=O)(=O)N2CCCCC2CN)c(Cl)cc1F.Cl. The topological polar surface area (TPSA) is 63.4 Å². The summed E-state index contributed by atoms with van der Waals surface area (Å²) >= 11 is 5.92. The quantitative estimate of drug-likeness (QED) is 0.905. The van der Waals surface area contributed by atoms with Crippen LogP contribution in [0.15, 0.2) is 17.0 Å². The number of sulfonamides is 1. The highest BCUT2D eigenvalue weighted by molar-refractivity contribution is 7.89. The molecule has 0 bridgehead atoms. The van der Waals surface area contributed by atoms with Crippen molar-refractivity contribution in [2.45, 2.75) is 37.1 Å². The first-order chi connectivity index (χ1) is 9.37. The van der Waals surface area contributed by atoms with E-state index >= 15 is 0 Å². The summed E-state index contributed by atoms with van der Waals surface area (Å²) in [5, 5.41) is -0.0885. The van der Waals surface area contributed by atoms with E-state index in [0.717, 1.165) is 25.3 Å². The molecule has 0 spiro atoms. The van der Waals surface area contributed by atoms with Crippen molar-refractivity contribution >= 4 is 34.0 Å². The second kappa shape index (κ2) is 7.24. The van der Waals surface area contributed by atoms with Crippen LogP contribution in [0.25, 0.3) is 0 Å². The number of aryl methyl sites for hydroxylation is 1. The zero-order valence-corrected chi connectivity index (χ0v) is 14.1. The molecule has 1 saturated heterocycles. The van der Waals surface area contributed by atoms with Gasteiger partial charge in [0.1, 0.15) is 10.7 Å². The van der Waals surface area contributed by atoms with Crippen LogP contribution >= 0.6 is 24.0 Å². The summed E-state index contributed by atoms with van der Waals surface area (Å²) in [6, 6.07) is 2.12. The summed E-state index contributed by atoms with van der Waals surface area (Å²) in [6.45, 7) is 2.22. The normalized spacial score (nSPS) is 20.1. The average Bonchev–Trinajstić information content (AvgIpc) is 2.42. The van der Waals surface area contributed by atoms with Gasteiger partial charge in [-0.2, -0.15) is 4.31 Å². The van der Waals surface area contributed by atoms with Gasteiger partial charge in [-0.05, 0) is 37.5 Å². The Morgan fingerprint density at radius 1 is 1.43 bits per heavy atom. The standard InChI is InChI=1S/C13H18ClFN2O2S.ClH/c1-9-6-13(11(14)7-12(9)15)20(18,19)17-5-3-2-4-10(17)8-16;/h6-7,10H,2-5,8,16H2,1H3;1H. The molecule has 1 aromatic carbocycles. The molecule has 21 heavy (non-hydrogen) atoms. The third-order valence-corrected chi connectivity index (χ3v) is 6.06. The van der Waals surface area contributed by atoms with Gasteiger partial charge < -0.3 is 5.73 Å². The van der Waals surface area contributed by atoms with Crippen LogP contribution in [-0.2, 0) is 10.0 Å². The van der Waals surface area contributed by atoms with Crippen molar-refractivity contribution in [1.82, 2.24) is 4.31 Å². The number of nitrogens with zero attached hydrogens (tertiary/aromatic N) is 1. The third-order valence-electron chi connectivity index (χ3n) is 3.64. The van der Waals surface area contributed by atoms with E-state index in [1.165, 1.54) is 17.3 Å². The van der Waals surface area contributed by atoms with E-state index < -0.39 is 15.8 Å². The van der Waals surface area contributed by atoms with Crippen LogP contribution in [-0.4, -0.2) is 31.9 Å². The van der Waals surface area contributed by atoms with Crippen LogP contribution in [0.3, 0.4) is 0 Å². The molecule has 2 rings (SSSR count). The zero-order valence-electron chi connectivity index (χ0n) is 11.7. The molecule has 120 valence electrons. The molecule has 8 heteroatoms. The van der Waals surface area contributed by atoms with Crippen LogP contribution in [0.2, 0.25) is 5.02 Å². The lowest BCUT2D eigenvalue weighted by Crippen LogP contribution is -2.47. The van der Waals surface area contributed by atoms with Gasteiger partial charge in [0, 0.05) is 19.1 Å². The van der Waals surface area contributed by atoms with Gasteiger partial charge in [0.2, 0.25) is 10.0 Å². The minimum atomic E-state index is -3.74. The molecule has 1 aromatic rings. The Kier molecular flexibility index (Phi) is 6.43. The fraction of sp³-hybridized carbons (Fsp3) is 0.538. The van der Waals surface area contributed by atoms with Gasteiger partial charge in [-0.25, -0.2) is 12.8 Å². The molecule has 0 aromatic heterocycles. The highest BCUT2D eigenvalue weighted by Gasteiger charge is 2.34. The van der Waals surface area contributed by atoms with E-state index in [0.29, 0.717) is 6.54 Å². The number of benzene rings is 1. The average molecular weight is 357 g/mol. The number of rotatable bonds is 3. The maximum absolute atomic E-state index is 13.4. The van der Waals surface area contributed by atoms with Gasteiger partial charge in [0.15, 0.2) is 0 Å². The monoisotopic (exact) mass is 356 g/mol. The Balaban J connectivity index is 0.00000220. The smallest absolute Gasteiger partial charge is 0.244 e. The molecule has 2 N–H and O–H groups in total. The number of halogens is 3. The molecule has 1 atom stereocenters. The number of hydrogen-bond acceptors (Lipinski definition) is 3. The highest BCUT2D eigenvalue weighted by Crippen LogP contribution is 2.30. The van der Waals surface area contributed by atoms with E-state index in [2.05, 4.69) is 0 Å². The molecule has 0 amide bonds. The van der Waals surface area contributed by atoms with E-state index in [9.17, 15) is 12.8 Å². The molecule has 0 radical (unpaired) electrons. The number of piperidine rings is 1. The minimum Gasteiger partial charge on any atom is -0.329 e. The predicted molar refractivity (Wildman–Crippen MR) is 84.0 cm³/mol. The van der Waals surface area contributed by atoms with Crippen molar-refractivity contribution in [3.05, 3.63) is 28.5 Å². The molecular weight excluding hydrogens is 338 g/mol. The second-order valence-corrected chi connectivity index (χ2v) is 7.30. The van der Waals surface area contributed by atoms with E-state index in [-0.39, 0.29) is 40.5 Å². The minimum absolute atomic E-state index is 0. The first kappa shape index (κ1) is 18.6. The predicted octanol–water partition coefficient (Wildman–Crippen LogP) is 2.71. The van der Waals surface area contributed by atoms with Crippen LogP contribution in [0.4, 0.5) is 4.39 Å². The van der Waals surface area contributed by atoms with Crippen LogP contribution in [0, 0.1) is 12.7 Å². The summed E-state index contributed by atoms with van der Waals surface area (Å²) in [4.78, 5) is -0.0431. The Bertz CT molecular complexity index is 610. The lowest BCUT2D eigenvalue weighted by molar-refractivity contribution is 0.257. The van der Waals surface area contributed by atoms with Gasteiger partial charge in [0.05, 0.1) is 5.02 Å². The van der Waals surface area contributed by atoms with Crippen LogP contribution < -0.4 is 5.73 Å². The first-order valence-electron chi connectivity index (χ1n) is 6.55. The van der Waals surface area contributed by atoms with E-state index in [1.54, 1.807) is 0 Å². The van der Waals surface area contributed by atoms with Gasteiger partial charge in [-0.1, -0.05) is 18.0 Å². The van der Waals surface area contributed by atoms with Crippen LogP contribution in [0.5, 0.6) is 0 Å². The molecule has 1 aliphatic heterocycles. The fourth-order valence-electron chi connectivity index (χ4n) is 2.48. The molecule has 1 heterocycles. The summed E-state index contributed by atoms with van der Waals surface area (Å²) < 4.78 is 40.2. The lowest BCUT2D eigenvalue weighted by atomic mass is 10.1. The van der Waals surface area contributed by atoms with Gasteiger partial charge in [-0.15, -0.1) is 12.4 Å². The summed E-state index contributed by atoms with van der Waals surface area (Å²) in [7, 11) is -3.74. The Hall–Kier alpha value is -0.400. The summed E-state index contributed by atoms with van der Waals surface area (Å²) in [5.41, 5.74) is 5.92. The largest absolute Gasteiger partial charge is 0.329 e. The molecular formula is C13H19Cl2FN2O2S. The van der Waals surface area contributed by atoms with E-state index in [4.69, 9.17) is 17.3 Å². The van der Waals surface area contributed by atoms with Crippen molar-refractivity contribution in [3.8, 4) is 0 Å². The summed E-state index contributed by atoms with van der Waals surface area (Å²) in [5.74, 6) is -0.511. The van der Waals surface area contributed by atoms with Crippen molar-refractivity contribution in [2.24, 2.45) is 5.73 Å². The van der Waals surface area contributed by atoms with Crippen molar-refractivity contribution in [1.29, 1.82) is 0 Å². The van der Waals surface area contributed by atoms with Gasteiger partial charge in [0.25, 0.3) is 0 Å². The van der Waals surface area contributed by atoms with E-state index in [1.807, 2.05) is 0 Å². The summed E-state index contributed by atoms with van der Waals surface area (Å²) in [6.07, 6.45) is 2.51. The molecule has 0 aliphatic carbocycles. The van der Waals surface area contributed by atoms with Crippen molar-refractivity contribution in [3.63, 3.8) is 0 Å². The highest BCUT2D eigenvalue weighted by atomic mass is 35.5. The maximum atomic E-state index is 13.4. The second-order valence-electron chi connectivity index (χ2n) is 5.03. The van der Waals surface area contributed by atoms with Crippen molar-refractivity contribution < 1.29 is 12.8 Å². The Labute approximate surface area is 135 Å². The van der Waals surface area contributed by atoms with Crippen molar-refractivity contribution in [2.75, 3.05) is 13.1 Å². The molecule has 1 fully saturated rings. The lowest BCUT2D eigenvalue weighted by Gasteiger charge is -2.34. The Morgan fingerprint density at radius 2 is 2.10 bits per heavy atom. The Morgan fingerprint density at radius 3 is 2.71 bits per heavy atom. The third kappa shape index (κ3) is 3.68. The maximum Gasteiger partial charge on any atom is 0.244 e. The molecule has 0 saturated carbocycles. The van der Waals surface area contributed by atoms with Crippen LogP contribution in [0.1, 0.15) is 24.8 Å². The van der Waals surface area contributed by atoms with Gasteiger partial charge in [-0.3, -0.25) is 0 Å².